The molecular formula is C19H28N2O4. The number of piperidine rings is 1. The van der Waals surface area contributed by atoms with E-state index in [0.29, 0.717) is 6.54 Å². The van der Waals surface area contributed by atoms with Crippen LogP contribution in [0, 0.1) is 0 Å². The first kappa shape index (κ1) is 19.1. The summed E-state index contributed by atoms with van der Waals surface area (Å²) in [5.74, 6) is 0. The number of hydrogen-bond acceptors (Lipinski definition) is 4. The SMILES string of the molecule is C[C@@H]1CC[C@H](NC(=O)OC(C)(C)C)CN1C(=O)OCc1ccccc1. The number of carbonyl (C=O) groups excluding carboxylic acids is 2. The van der Waals surface area contributed by atoms with E-state index in [1.807, 2.05) is 58.0 Å². The minimum absolute atomic E-state index is 0.0833. The van der Waals surface area contributed by atoms with Gasteiger partial charge in [-0.3, -0.25) is 0 Å². The molecule has 0 spiro atoms. The zero-order valence-electron chi connectivity index (χ0n) is 15.5. The quantitative estimate of drug-likeness (QED) is 0.904. The van der Waals surface area contributed by atoms with E-state index in [2.05, 4.69) is 5.32 Å². The summed E-state index contributed by atoms with van der Waals surface area (Å²) >= 11 is 0. The van der Waals surface area contributed by atoms with Gasteiger partial charge in [0.1, 0.15) is 12.2 Å². The number of hydrogen-bond donors (Lipinski definition) is 1. The minimum Gasteiger partial charge on any atom is -0.445 e. The molecule has 6 nitrogen and oxygen atoms in total. The standard InChI is InChI=1S/C19H28N2O4/c1-14-10-11-16(20-17(22)25-19(2,3)4)12-21(14)18(23)24-13-15-8-6-5-7-9-15/h5-9,14,16H,10-13H2,1-4H3,(H,20,22)/t14-,16+/m1/s1. The van der Waals surface area contributed by atoms with Crippen molar-refractivity contribution in [1.82, 2.24) is 10.2 Å². The van der Waals surface area contributed by atoms with Gasteiger partial charge < -0.3 is 19.7 Å². The molecule has 2 amide bonds. The summed E-state index contributed by atoms with van der Waals surface area (Å²) in [6.45, 7) is 8.13. The second kappa shape index (κ2) is 8.23. The number of benzene rings is 1. The maximum absolute atomic E-state index is 12.4. The number of rotatable bonds is 3. The van der Waals surface area contributed by atoms with Gasteiger partial charge in [-0.1, -0.05) is 30.3 Å². The van der Waals surface area contributed by atoms with Crippen LogP contribution >= 0.6 is 0 Å². The van der Waals surface area contributed by atoms with Crippen LogP contribution in [0.5, 0.6) is 0 Å². The largest absolute Gasteiger partial charge is 0.445 e. The van der Waals surface area contributed by atoms with Crippen molar-refractivity contribution in [3.05, 3.63) is 35.9 Å². The van der Waals surface area contributed by atoms with E-state index in [0.717, 1.165) is 18.4 Å². The molecule has 0 bridgehead atoms. The van der Waals surface area contributed by atoms with Crippen molar-refractivity contribution in [2.24, 2.45) is 0 Å². The Morgan fingerprint density at radius 2 is 1.88 bits per heavy atom. The monoisotopic (exact) mass is 348 g/mol. The Hall–Kier alpha value is -2.24. The Morgan fingerprint density at radius 1 is 1.20 bits per heavy atom. The van der Waals surface area contributed by atoms with Crippen molar-refractivity contribution < 1.29 is 19.1 Å². The highest BCUT2D eigenvalue weighted by Crippen LogP contribution is 2.19. The fourth-order valence-corrected chi connectivity index (χ4v) is 2.76. The molecule has 2 atom stereocenters. The minimum atomic E-state index is -0.541. The lowest BCUT2D eigenvalue weighted by Gasteiger charge is -2.37. The van der Waals surface area contributed by atoms with Gasteiger partial charge in [0.2, 0.25) is 0 Å². The summed E-state index contributed by atoms with van der Waals surface area (Å²) < 4.78 is 10.7. The van der Waals surface area contributed by atoms with Crippen molar-refractivity contribution in [3.63, 3.8) is 0 Å². The molecule has 1 aromatic rings. The number of ether oxygens (including phenoxy) is 2. The fraction of sp³-hybridized carbons (Fsp3) is 0.579. The van der Waals surface area contributed by atoms with Crippen LogP contribution < -0.4 is 5.32 Å². The van der Waals surface area contributed by atoms with Gasteiger partial charge in [0.15, 0.2) is 0 Å². The van der Waals surface area contributed by atoms with Gasteiger partial charge in [0.25, 0.3) is 0 Å². The van der Waals surface area contributed by atoms with Crippen LogP contribution in [0.15, 0.2) is 30.3 Å². The number of carbonyl (C=O) groups is 2. The zero-order valence-corrected chi connectivity index (χ0v) is 15.5. The molecular weight excluding hydrogens is 320 g/mol. The van der Waals surface area contributed by atoms with Gasteiger partial charge in [0.05, 0.1) is 0 Å². The number of likely N-dealkylation sites (tertiary alicyclic amines) is 1. The Labute approximate surface area is 149 Å². The van der Waals surface area contributed by atoms with Crippen LogP contribution in [0.4, 0.5) is 9.59 Å². The summed E-state index contributed by atoms with van der Waals surface area (Å²) in [4.78, 5) is 26.0. The highest BCUT2D eigenvalue weighted by Gasteiger charge is 2.31. The third-order valence-electron chi connectivity index (χ3n) is 4.04. The van der Waals surface area contributed by atoms with Gasteiger partial charge in [-0.15, -0.1) is 0 Å². The van der Waals surface area contributed by atoms with Crippen LogP contribution in [0.25, 0.3) is 0 Å². The summed E-state index contributed by atoms with van der Waals surface area (Å²) in [6, 6.07) is 9.53. The molecule has 1 N–H and O–H groups in total. The number of nitrogens with zero attached hydrogens (tertiary/aromatic N) is 1. The van der Waals surface area contributed by atoms with E-state index >= 15 is 0 Å². The predicted molar refractivity (Wildman–Crippen MR) is 95.2 cm³/mol. The fourth-order valence-electron chi connectivity index (χ4n) is 2.76. The molecule has 0 saturated carbocycles. The molecule has 1 aliphatic heterocycles. The van der Waals surface area contributed by atoms with E-state index in [4.69, 9.17) is 9.47 Å². The number of amides is 2. The Balaban J connectivity index is 1.86. The zero-order chi connectivity index (χ0) is 18.4. The Morgan fingerprint density at radius 3 is 2.52 bits per heavy atom. The van der Waals surface area contributed by atoms with E-state index in [1.165, 1.54) is 0 Å². The molecule has 1 aliphatic rings. The maximum Gasteiger partial charge on any atom is 0.410 e. The predicted octanol–water partition coefficient (Wildman–Crippen LogP) is 3.70. The smallest absolute Gasteiger partial charge is 0.410 e. The van der Waals surface area contributed by atoms with Gasteiger partial charge in [-0.2, -0.15) is 0 Å². The van der Waals surface area contributed by atoms with Crippen molar-refractivity contribution in [1.29, 1.82) is 0 Å². The molecule has 0 aliphatic carbocycles. The second-order valence-electron chi connectivity index (χ2n) is 7.46. The topological polar surface area (TPSA) is 67.9 Å². The highest BCUT2D eigenvalue weighted by atomic mass is 16.6. The summed E-state index contributed by atoms with van der Waals surface area (Å²) in [5.41, 5.74) is 0.407. The molecule has 1 heterocycles. The number of alkyl carbamates (subject to hydrolysis) is 1. The van der Waals surface area contributed by atoms with Crippen molar-refractivity contribution in [3.8, 4) is 0 Å². The van der Waals surface area contributed by atoms with Crippen molar-refractivity contribution in [2.75, 3.05) is 6.54 Å². The molecule has 1 saturated heterocycles. The first-order chi connectivity index (χ1) is 11.7. The lowest BCUT2D eigenvalue weighted by molar-refractivity contribution is 0.0402. The molecule has 0 radical (unpaired) electrons. The number of nitrogens with one attached hydrogen (secondary N) is 1. The van der Waals surface area contributed by atoms with Crippen LogP contribution in [-0.2, 0) is 16.1 Å². The summed E-state index contributed by atoms with van der Waals surface area (Å²) in [6.07, 6.45) is 0.806. The van der Waals surface area contributed by atoms with E-state index < -0.39 is 11.7 Å². The maximum atomic E-state index is 12.4. The van der Waals surface area contributed by atoms with Crippen molar-refractivity contribution in [2.45, 2.75) is 64.8 Å². The molecule has 6 heteroatoms. The van der Waals surface area contributed by atoms with Crippen LogP contribution in [-0.4, -0.2) is 41.3 Å². The van der Waals surface area contributed by atoms with E-state index in [-0.39, 0.29) is 24.8 Å². The normalized spacial score (nSPS) is 20.7. The Kier molecular flexibility index (Phi) is 6.28. The van der Waals surface area contributed by atoms with Gasteiger partial charge in [0, 0.05) is 18.6 Å². The summed E-state index contributed by atoms with van der Waals surface area (Å²) in [5, 5.41) is 2.84. The molecule has 1 fully saturated rings. The average molecular weight is 348 g/mol. The van der Waals surface area contributed by atoms with Crippen LogP contribution in [0.1, 0.15) is 46.1 Å². The van der Waals surface area contributed by atoms with Crippen LogP contribution in [0.2, 0.25) is 0 Å². The highest BCUT2D eigenvalue weighted by molar-refractivity contribution is 5.70. The molecule has 138 valence electrons. The van der Waals surface area contributed by atoms with Gasteiger partial charge in [-0.05, 0) is 46.1 Å². The van der Waals surface area contributed by atoms with Crippen molar-refractivity contribution >= 4 is 12.2 Å². The Bertz CT molecular complexity index is 583. The third-order valence-corrected chi connectivity index (χ3v) is 4.04. The van der Waals surface area contributed by atoms with E-state index in [9.17, 15) is 9.59 Å². The first-order valence-corrected chi connectivity index (χ1v) is 8.71. The van der Waals surface area contributed by atoms with Gasteiger partial charge in [-0.25, -0.2) is 9.59 Å². The summed E-state index contributed by atoms with van der Waals surface area (Å²) in [7, 11) is 0. The molecule has 1 aromatic carbocycles. The molecule has 0 unspecified atom stereocenters. The molecule has 25 heavy (non-hydrogen) atoms. The van der Waals surface area contributed by atoms with Gasteiger partial charge >= 0.3 is 12.2 Å². The lowest BCUT2D eigenvalue weighted by atomic mass is 10.00. The second-order valence-corrected chi connectivity index (χ2v) is 7.46. The molecule has 2 rings (SSSR count). The molecule has 0 aromatic heterocycles. The van der Waals surface area contributed by atoms with Crippen LogP contribution in [0.3, 0.4) is 0 Å². The lowest BCUT2D eigenvalue weighted by Crippen LogP contribution is -2.53. The van der Waals surface area contributed by atoms with E-state index in [1.54, 1.807) is 4.90 Å². The first-order valence-electron chi connectivity index (χ1n) is 8.71. The average Bonchev–Trinajstić information content (AvgIpc) is 2.53. The third kappa shape index (κ3) is 6.29.